The minimum absolute atomic E-state index is 0. The number of hydrogen-bond donors (Lipinski definition) is 3. The molecular weight excluding hydrogens is 419 g/mol. The van der Waals surface area contributed by atoms with Gasteiger partial charge in [-0.25, -0.2) is 0 Å². The van der Waals surface area contributed by atoms with Crippen LogP contribution in [0.15, 0.2) is 4.99 Å². The molecule has 3 rings (SSSR count). The molecule has 0 aromatic rings. The van der Waals surface area contributed by atoms with E-state index in [0.717, 1.165) is 51.1 Å². The van der Waals surface area contributed by atoms with Crippen LogP contribution in [0.1, 0.15) is 32.6 Å². The van der Waals surface area contributed by atoms with Gasteiger partial charge in [-0.1, -0.05) is 6.92 Å². The van der Waals surface area contributed by atoms with Crippen molar-refractivity contribution in [3.05, 3.63) is 0 Å². The molecule has 0 amide bonds. The smallest absolute Gasteiger partial charge is 0.191 e. The summed E-state index contributed by atoms with van der Waals surface area (Å²) in [6.45, 7) is 7.06. The van der Waals surface area contributed by atoms with Gasteiger partial charge in [-0.2, -0.15) is 0 Å². The van der Waals surface area contributed by atoms with Crippen molar-refractivity contribution in [2.75, 3.05) is 46.5 Å². The number of halogens is 1. The maximum absolute atomic E-state index is 9.79. The highest BCUT2D eigenvalue weighted by Crippen LogP contribution is 2.32. The number of hydrogen-bond acceptors (Lipinski definition) is 4. The van der Waals surface area contributed by atoms with Crippen LogP contribution < -0.4 is 10.6 Å². The summed E-state index contributed by atoms with van der Waals surface area (Å²) in [6.07, 6.45) is 4.55. The molecule has 2 saturated heterocycles. The van der Waals surface area contributed by atoms with Crippen LogP contribution in [-0.4, -0.2) is 74.6 Å². The zero-order valence-electron chi connectivity index (χ0n) is 15.0. The van der Waals surface area contributed by atoms with E-state index in [0.29, 0.717) is 12.0 Å². The molecule has 0 spiro atoms. The van der Waals surface area contributed by atoms with Crippen molar-refractivity contribution < 1.29 is 9.84 Å². The molecule has 0 aromatic heterocycles. The molecule has 24 heavy (non-hydrogen) atoms. The Balaban J connectivity index is 0.00000208. The first-order valence-corrected chi connectivity index (χ1v) is 9.06. The van der Waals surface area contributed by atoms with E-state index < -0.39 is 0 Å². The molecule has 7 heteroatoms. The number of nitrogens with zero attached hydrogens (tertiary/aromatic N) is 2. The second kappa shape index (κ2) is 9.00. The van der Waals surface area contributed by atoms with E-state index >= 15 is 0 Å². The van der Waals surface area contributed by atoms with Gasteiger partial charge in [0, 0.05) is 57.4 Å². The van der Waals surface area contributed by atoms with Gasteiger partial charge in [0.25, 0.3) is 0 Å². The van der Waals surface area contributed by atoms with E-state index in [9.17, 15) is 5.11 Å². The van der Waals surface area contributed by atoms with E-state index in [2.05, 4.69) is 27.4 Å². The van der Waals surface area contributed by atoms with Gasteiger partial charge in [0.05, 0.1) is 6.61 Å². The van der Waals surface area contributed by atoms with Gasteiger partial charge in [-0.3, -0.25) is 9.89 Å². The number of ether oxygens (including phenoxy) is 1. The summed E-state index contributed by atoms with van der Waals surface area (Å²) in [5, 5.41) is 16.8. The summed E-state index contributed by atoms with van der Waals surface area (Å²) in [6, 6.07) is 1.29. The summed E-state index contributed by atoms with van der Waals surface area (Å²) >= 11 is 0. The molecule has 1 saturated carbocycles. The minimum atomic E-state index is -0.0722. The fourth-order valence-electron chi connectivity index (χ4n) is 3.77. The highest BCUT2D eigenvalue weighted by Gasteiger charge is 2.38. The Hall–Kier alpha value is -0.120. The zero-order chi connectivity index (χ0) is 16.3. The van der Waals surface area contributed by atoms with E-state index in [4.69, 9.17) is 4.74 Å². The lowest BCUT2D eigenvalue weighted by Gasteiger charge is -2.36. The molecule has 0 radical (unpaired) electrons. The van der Waals surface area contributed by atoms with Crippen molar-refractivity contribution in [3.8, 4) is 0 Å². The molecule has 140 valence electrons. The Labute approximate surface area is 162 Å². The van der Waals surface area contributed by atoms with Gasteiger partial charge in [0.1, 0.15) is 0 Å². The van der Waals surface area contributed by atoms with Gasteiger partial charge in [-0.05, 0) is 31.6 Å². The number of aliphatic imine (C=N–C) groups is 1. The lowest BCUT2D eigenvalue weighted by molar-refractivity contribution is -0.0132. The molecule has 3 aliphatic rings. The van der Waals surface area contributed by atoms with Gasteiger partial charge in [-0.15, -0.1) is 24.0 Å². The molecule has 2 heterocycles. The predicted molar refractivity (Wildman–Crippen MR) is 107 cm³/mol. The summed E-state index contributed by atoms with van der Waals surface area (Å²) in [7, 11) is 1.82. The summed E-state index contributed by atoms with van der Waals surface area (Å²) in [5.41, 5.74) is -0.0722. The standard InChI is InChI=1S/C17H32N4O2.HI/c1-13-9-21(14-3-4-14)10-15(13)20-16(18-2)19-11-17(12-22)5-7-23-8-6-17;/h13-15,22H,3-12H2,1-2H3,(H2,18,19,20);1H. The third-order valence-electron chi connectivity index (χ3n) is 5.77. The van der Waals surface area contributed by atoms with E-state index in [-0.39, 0.29) is 36.0 Å². The van der Waals surface area contributed by atoms with Gasteiger partial charge < -0.3 is 20.5 Å². The quantitative estimate of drug-likeness (QED) is 0.331. The van der Waals surface area contributed by atoms with E-state index in [1.165, 1.54) is 19.4 Å². The number of guanidine groups is 1. The Kier molecular flexibility index (Phi) is 7.58. The molecule has 6 nitrogen and oxygen atoms in total. The number of nitrogens with one attached hydrogen (secondary N) is 2. The lowest BCUT2D eigenvalue weighted by atomic mass is 9.81. The first-order chi connectivity index (χ1) is 11.2. The van der Waals surface area contributed by atoms with Crippen molar-refractivity contribution in [1.29, 1.82) is 0 Å². The topological polar surface area (TPSA) is 69.1 Å². The number of aliphatic hydroxyl groups excluding tert-OH is 1. The van der Waals surface area contributed by atoms with E-state index in [1.54, 1.807) is 0 Å². The van der Waals surface area contributed by atoms with Crippen LogP contribution in [0, 0.1) is 11.3 Å². The molecule has 2 unspecified atom stereocenters. The molecule has 0 aromatic carbocycles. The van der Waals surface area contributed by atoms with Crippen molar-refractivity contribution >= 4 is 29.9 Å². The van der Waals surface area contributed by atoms with Gasteiger partial charge in [0.2, 0.25) is 0 Å². The lowest BCUT2D eigenvalue weighted by Crippen LogP contribution is -2.51. The Morgan fingerprint density at radius 1 is 1.29 bits per heavy atom. The van der Waals surface area contributed by atoms with Crippen LogP contribution in [-0.2, 0) is 4.74 Å². The Bertz CT molecular complexity index is 425. The molecule has 3 fully saturated rings. The summed E-state index contributed by atoms with van der Waals surface area (Å²) in [4.78, 5) is 7.00. The average Bonchev–Trinajstić information content (AvgIpc) is 3.37. The second-order valence-electron chi connectivity index (χ2n) is 7.61. The third kappa shape index (κ3) is 4.95. The fraction of sp³-hybridized carbons (Fsp3) is 0.941. The summed E-state index contributed by atoms with van der Waals surface area (Å²) < 4.78 is 5.43. The first-order valence-electron chi connectivity index (χ1n) is 9.06. The second-order valence-corrected chi connectivity index (χ2v) is 7.61. The van der Waals surface area contributed by atoms with Crippen molar-refractivity contribution in [3.63, 3.8) is 0 Å². The van der Waals surface area contributed by atoms with Crippen LogP contribution in [0.4, 0.5) is 0 Å². The van der Waals surface area contributed by atoms with Crippen molar-refractivity contribution in [2.24, 2.45) is 16.3 Å². The zero-order valence-corrected chi connectivity index (χ0v) is 17.3. The first kappa shape index (κ1) is 20.2. The normalized spacial score (nSPS) is 30.7. The maximum atomic E-state index is 9.79. The predicted octanol–water partition coefficient (Wildman–Crippen LogP) is 1.04. The maximum Gasteiger partial charge on any atom is 0.191 e. The van der Waals surface area contributed by atoms with E-state index in [1.807, 2.05) is 7.05 Å². The van der Waals surface area contributed by atoms with Gasteiger partial charge >= 0.3 is 0 Å². The Morgan fingerprint density at radius 3 is 2.58 bits per heavy atom. The highest BCUT2D eigenvalue weighted by molar-refractivity contribution is 14.0. The van der Waals surface area contributed by atoms with Crippen LogP contribution in [0.2, 0.25) is 0 Å². The van der Waals surface area contributed by atoms with Crippen LogP contribution in [0.25, 0.3) is 0 Å². The molecular formula is C17H33IN4O2. The average molecular weight is 452 g/mol. The summed E-state index contributed by atoms with van der Waals surface area (Å²) in [5.74, 6) is 1.50. The largest absolute Gasteiger partial charge is 0.396 e. The Morgan fingerprint density at radius 2 is 2.00 bits per heavy atom. The number of likely N-dealkylation sites (tertiary alicyclic amines) is 1. The third-order valence-corrected chi connectivity index (χ3v) is 5.77. The molecule has 2 atom stereocenters. The van der Waals surface area contributed by atoms with Crippen molar-refractivity contribution in [2.45, 2.75) is 44.7 Å². The molecule has 2 aliphatic heterocycles. The number of rotatable bonds is 5. The highest BCUT2D eigenvalue weighted by atomic mass is 127. The fourth-order valence-corrected chi connectivity index (χ4v) is 3.77. The SMILES string of the molecule is CN=C(NCC1(CO)CCOCC1)NC1CN(C2CC2)CC1C.I. The number of aliphatic hydroxyl groups is 1. The monoisotopic (exact) mass is 452 g/mol. The van der Waals surface area contributed by atoms with Gasteiger partial charge in [0.15, 0.2) is 5.96 Å². The molecule has 1 aliphatic carbocycles. The van der Waals surface area contributed by atoms with Crippen LogP contribution in [0.3, 0.4) is 0 Å². The minimum Gasteiger partial charge on any atom is -0.396 e. The van der Waals surface area contributed by atoms with Crippen LogP contribution in [0.5, 0.6) is 0 Å². The molecule has 3 N–H and O–H groups in total. The van der Waals surface area contributed by atoms with Crippen LogP contribution >= 0.6 is 24.0 Å². The molecule has 0 bridgehead atoms. The van der Waals surface area contributed by atoms with Crippen molar-refractivity contribution in [1.82, 2.24) is 15.5 Å².